The normalized spacial score (nSPS) is 18.1. The van der Waals surface area contributed by atoms with Gasteiger partial charge in [0.2, 0.25) is 0 Å². The van der Waals surface area contributed by atoms with Crippen molar-refractivity contribution in [2.24, 2.45) is 0 Å². The van der Waals surface area contributed by atoms with Gasteiger partial charge in [-0.1, -0.05) is 44.2 Å². The summed E-state index contributed by atoms with van der Waals surface area (Å²) < 4.78 is 25.2. The molecule has 0 radical (unpaired) electrons. The van der Waals surface area contributed by atoms with Crippen LogP contribution in [-0.2, 0) is 0 Å². The fourth-order valence-electron chi connectivity index (χ4n) is 3.04. The molecule has 0 fully saturated rings. The quantitative estimate of drug-likeness (QED) is 0.585. The summed E-state index contributed by atoms with van der Waals surface area (Å²) in [5.74, 6) is 0. The number of anilines is 3. The molecule has 0 amide bonds. The Balaban J connectivity index is 1.82. The lowest BCUT2D eigenvalue weighted by atomic mass is 10.2. The molecule has 1 aliphatic rings. The first-order valence-electron chi connectivity index (χ1n) is 8.83. The predicted octanol–water partition coefficient (Wildman–Crippen LogP) is 3.97. The van der Waals surface area contributed by atoms with Crippen molar-refractivity contribution in [1.29, 1.82) is 0 Å². The Bertz CT molecular complexity index is 727. The molecule has 3 rings (SSSR count). The zero-order valence-electron chi connectivity index (χ0n) is 15.1. The monoisotopic (exact) mass is 377 g/mol. The van der Waals surface area contributed by atoms with Gasteiger partial charge >= 0.3 is 0 Å². The van der Waals surface area contributed by atoms with Crippen LogP contribution in [0.2, 0.25) is 0 Å². The van der Waals surface area contributed by atoms with E-state index in [0.29, 0.717) is 25.6 Å². The van der Waals surface area contributed by atoms with Crippen LogP contribution in [-0.4, -0.2) is 39.4 Å². The molecule has 2 aromatic carbocycles. The van der Waals surface area contributed by atoms with Crippen molar-refractivity contribution in [3.8, 4) is 0 Å². The van der Waals surface area contributed by atoms with E-state index in [4.69, 9.17) is 0 Å². The first-order chi connectivity index (χ1) is 12.4. The Morgan fingerprint density at radius 2 is 1.58 bits per heavy atom. The summed E-state index contributed by atoms with van der Waals surface area (Å²) in [6, 6.07) is 17.2. The van der Waals surface area contributed by atoms with Gasteiger partial charge in [0.25, 0.3) is 0 Å². The van der Waals surface area contributed by atoms with Gasteiger partial charge in [-0.2, -0.15) is 0 Å². The number of para-hydroxylation sites is 3. The molecule has 0 aromatic heterocycles. The van der Waals surface area contributed by atoms with Gasteiger partial charge in [-0.05, 0) is 41.6 Å². The van der Waals surface area contributed by atoms with Crippen molar-refractivity contribution >= 4 is 28.0 Å². The predicted molar refractivity (Wildman–Crippen MR) is 109 cm³/mol. The fraction of sp³-hybridized carbons (Fsp3) is 0.368. The number of aliphatic hydroxyl groups is 1. The van der Waals surface area contributed by atoms with E-state index in [9.17, 15) is 14.2 Å². The second kappa shape index (κ2) is 7.85. The molecule has 6 nitrogen and oxygen atoms in total. The van der Waals surface area contributed by atoms with E-state index in [2.05, 4.69) is 5.32 Å². The van der Waals surface area contributed by atoms with E-state index in [0.717, 1.165) is 17.1 Å². The van der Waals surface area contributed by atoms with Gasteiger partial charge in [-0.25, -0.2) is 4.31 Å². The lowest BCUT2D eigenvalue weighted by Gasteiger charge is -2.44. The van der Waals surface area contributed by atoms with E-state index in [-0.39, 0.29) is 0 Å². The minimum Gasteiger partial charge on any atom is -0.392 e. The minimum absolute atomic E-state index is 0.297. The highest BCUT2D eigenvalue weighted by atomic mass is 32.3. The first kappa shape index (κ1) is 19.0. The number of rotatable bonds is 7. The van der Waals surface area contributed by atoms with Crippen LogP contribution in [0.25, 0.3) is 0 Å². The Labute approximate surface area is 156 Å². The van der Waals surface area contributed by atoms with Gasteiger partial charge in [-0.15, -0.1) is 0 Å². The molecule has 1 unspecified atom stereocenters. The lowest BCUT2D eigenvalue weighted by molar-refractivity contribution is 0.161. The second-order valence-electron chi connectivity index (χ2n) is 6.72. The zero-order chi connectivity index (χ0) is 18.7. The van der Waals surface area contributed by atoms with Crippen LogP contribution < -0.4 is 13.9 Å². The Kier molecular flexibility index (Phi) is 5.74. The summed E-state index contributed by atoms with van der Waals surface area (Å²) >= 11 is 0. The van der Waals surface area contributed by atoms with Crippen molar-refractivity contribution in [2.75, 3.05) is 21.7 Å². The highest BCUT2D eigenvalue weighted by Gasteiger charge is 2.41. The van der Waals surface area contributed by atoms with Crippen LogP contribution >= 0.6 is 11.0 Å². The van der Waals surface area contributed by atoms with Gasteiger partial charge in [0.05, 0.1) is 23.2 Å². The summed E-state index contributed by atoms with van der Waals surface area (Å²) in [7, 11) is -3.23. The van der Waals surface area contributed by atoms with E-state index in [1.54, 1.807) is 8.61 Å². The molecule has 2 aromatic rings. The second-order valence-corrected chi connectivity index (χ2v) is 8.50. The summed E-state index contributed by atoms with van der Waals surface area (Å²) in [5.41, 5.74) is 2.25. The third kappa shape index (κ3) is 3.82. The molecule has 26 heavy (non-hydrogen) atoms. The van der Waals surface area contributed by atoms with Crippen LogP contribution in [0.3, 0.4) is 0 Å². The number of nitrogens with one attached hydrogen (secondary N) is 1. The van der Waals surface area contributed by atoms with Crippen molar-refractivity contribution < 1.29 is 14.2 Å². The van der Waals surface area contributed by atoms with Gasteiger partial charge in [-0.3, -0.25) is 13.4 Å². The number of hydrogen-bond donors (Lipinski definition) is 4. The molecule has 1 aliphatic heterocycles. The summed E-state index contributed by atoms with van der Waals surface area (Å²) in [5, 5.41) is 13.4. The maximum atomic E-state index is 11.0. The summed E-state index contributed by atoms with van der Waals surface area (Å²) in [6.07, 6.45) is -0.113. The average molecular weight is 378 g/mol. The number of benzene rings is 2. The molecule has 1 atom stereocenters. The van der Waals surface area contributed by atoms with Crippen LogP contribution in [0.15, 0.2) is 54.6 Å². The van der Waals surface area contributed by atoms with Crippen LogP contribution in [0.5, 0.6) is 0 Å². The van der Waals surface area contributed by atoms with E-state index in [1.165, 1.54) is 0 Å². The Morgan fingerprint density at radius 3 is 2.23 bits per heavy atom. The third-order valence-corrected chi connectivity index (χ3v) is 6.20. The molecule has 1 heterocycles. The van der Waals surface area contributed by atoms with E-state index in [1.807, 2.05) is 68.4 Å². The topological polar surface area (TPSA) is 79.2 Å². The van der Waals surface area contributed by atoms with Gasteiger partial charge in [0.15, 0.2) is 0 Å². The molecule has 0 spiro atoms. The molecule has 0 saturated carbocycles. The van der Waals surface area contributed by atoms with Crippen LogP contribution in [0.1, 0.15) is 20.3 Å². The molecule has 0 saturated heterocycles. The van der Waals surface area contributed by atoms with Crippen LogP contribution in [0.4, 0.5) is 17.1 Å². The van der Waals surface area contributed by atoms with Crippen LogP contribution in [0, 0.1) is 0 Å². The molecular weight excluding hydrogens is 350 g/mol. The number of aliphatic hydroxyl groups excluding tert-OH is 1. The van der Waals surface area contributed by atoms with Crippen molar-refractivity contribution in [1.82, 2.24) is 5.32 Å². The molecule has 7 heteroatoms. The maximum Gasteiger partial charge on any atom is 0.0896 e. The summed E-state index contributed by atoms with van der Waals surface area (Å²) in [4.78, 5) is 0. The van der Waals surface area contributed by atoms with E-state index >= 15 is 0 Å². The smallest absolute Gasteiger partial charge is 0.0896 e. The SMILES string of the molecule is CC(C)NCC(O)CCN1c2ccccc2N(c2ccccc2)S1(O)O. The summed E-state index contributed by atoms with van der Waals surface area (Å²) in [6.45, 7) is 4.88. The number of hydrogen-bond acceptors (Lipinski definition) is 6. The average Bonchev–Trinajstić information content (AvgIpc) is 2.84. The Morgan fingerprint density at radius 1 is 0.962 bits per heavy atom. The Hall–Kier alpha value is -1.77. The highest BCUT2D eigenvalue weighted by molar-refractivity contribution is 8.27. The van der Waals surface area contributed by atoms with Gasteiger partial charge in [0.1, 0.15) is 0 Å². The number of fused-ring (bicyclic) bond motifs is 1. The molecule has 0 aliphatic carbocycles. The van der Waals surface area contributed by atoms with Gasteiger partial charge < -0.3 is 10.4 Å². The van der Waals surface area contributed by atoms with E-state index < -0.39 is 17.1 Å². The van der Waals surface area contributed by atoms with Crippen molar-refractivity contribution in [2.45, 2.75) is 32.4 Å². The fourth-order valence-corrected chi connectivity index (χ4v) is 4.82. The molecule has 0 bridgehead atoms. The number of nitrogens with zero attached hydrogens (tertiary/aromatic N) is 2. The lowest BCUT2D eigenvalue weighted by Crippen LogP contribution is -2.36. The molecule has 4 N–H and O–H groups in total. The third-order valence-electron chi connectivity index (χ3n) is 4.33. The largest absolute Gasteiger partial charge is 0.392 e. The highest BCUT2D eigenvalue weighted by Crippen LogP contribution is 2.63. The maximum absolute atomic E-state index is 11.0. The zero-order valence-corrected chi connectivity index (χ0v) is 15.9. The van der Waals surface area contributed by atoms with Crippen molar-refractivity contribution in [3.63, 3.8) is 0 Å². The van der Waals surface area contributed by atoms with Crippen molar-refractivity contribution in [3.05, 3.63) is 54.6 Å². The molecule has 142 valence electrons. The standard InChI is InChI=1S/C19H27N3O3S/c1-15(2)20-14-17(23)12-13-21-18-10-6-7-11-19(18)22(26(21,24)25)16-8-4-3-5-9-16/h3-11,15,17,20,23-25H,12-14H2,1-2H3. The van der Waals surface area contributed by atoms with Gasteiger partial charge in [0, 0.05) is 19.1 Å². The minimum atomic E-state index is -3.23. The first-order valence-corrected chi connectivity index (χ1v) is 10.3. The molecular formula is C19H27N3O3S.